The summed E-state index contributed by atoms with van der Waals surface area (Å²) in [6.45, 7) is 10.8. The normalized spacial score (nSPS) is 21.7. The summed E-state index contributed by atoms with van der Waals surface area (Å²) < 4.78 is 0. The van der Waals surface area contributed by atoms with Crippen LogP contribution in [0.2, 0.25) is 0 Å². The second kappa shape index (κ2) is 15.4. The second-order valence-corrected chi connectivity index (χ2v) is 9.25. The Labute approximate surface area is 222 Å². The zero-order valence-corrected chi connectivity index (χ0v) is 23.4. The van der Waals surface area contributed by atoms with Gasteiger partial charge in [0, 0.05) is 17.9 Å². The van der Waals surface area contributed by atoms with E-state index in [4.69, 9.17) is 0 Å². The summed E-state index contributed by atoms with van der Waals surface area (Å²) in [5.74, 6) is -0.696. The van der Waals surface area contributed by atoms with Crippen molar-refractivity contribution in [2.75, 3.05) is 16.3 Å². The Morgan fingerprint density at radius 1 is 0.757 bits per heavy atom. The van der Waals surface area contributed by atoms with Crippen LogP contribution in [0.4, 0.5) is 11.4 Å². The smallest absolute Gasteiger partial charge is 0.238 e. The molecule has 1 aromatic rings. The van der Waals surface area contributed by atoms with E-state index in [0.29, 0.717) is 18.7 Å². The molecule has 4 amide bonds. The van der Waals surface area contributed by atoms with Gasteiger partial charge in [0.1, 0.15) is 25.2 Å². The molecule has 8 nitrogen and oxygen atoms in total. The molecule has 1 aromatic carbocycles. The standard InChI is InChI=1S/C25H34N4O4.2C2H6/c1-2-3-4-6-9-20-26-21(30)16-24(32)28(20)18-11-13-19(14-12-18)29-22-10-7-5-8-15-27(22)23(31)17-25(29)33;2*1-2/h11-14,20,22H,2-10,15-17H2,1H3,(H,26,30);2*1-2H3. The van der Waals surface area contributed by atoms with Gasteiger partial charge < -0.3 is 10.2 Å². The molecule has 0 aliphatic carbocycles. The van der Waals surface area contributed by atoms with E-state index in [1.54, 1.807) is 9.80 Å². The molecule has 0 aromatic heterocycles. The van der Waals surface area contributed by atoms with Gasteiger partial charge in [-0.15, -0.1) is 0 Å². The summed E-state index contributed by atoms with van der Waals surface area (Å²) in [7, 11) is 0. The number of anilines is 2. The van der Waals surface area contributed by atoms with Crippen molar-refractivity contribution in [1.82, 2.24) is 10.2 Å². The van der Waals surface area contributed by atoms with Crippen molar-refractivity contribution >= 4 is 35.0 Å². The molecular formula is C29H46N4O4. The van der Waals surface area contributed by atoms with Gasteiger partial charge in [0.25, 0.3) is 0 Å². The molecule has 2 unspecified atom stereocenters. The molecule has 0 saturated carbocycles. The van der Waals surface area contributed by atoms with E-state index in [1.165, 1.54) is 0 Å². The van der Waals surface area contributed by atoms with Crippen molar-refractivity contribution in [1.29, 1.82) is 0 Å². The first-order valence-electron chi connectivity index (χ1n) is 14.3. The number of nitrogens with zero attached hydrogens (tertiary/aromatic N) is 3. The minimum Gasteiger partial charge on any atom is -0.335 e. The van der Waals surface area contributed by atoms with Gasteiger partial charge in [-0.2, -0.15) is 0 Å². The summed E-state index contributed by atoms with van der Waals surface area (Å²) in [5.41, 5.74) is 1.45. The predicted octanol–water partition coefficient (Wildman–Crippen LogP) is 5.35. The zero-order valence-electron chi connectivity index (χ0n) is 23.4. The van der Waals surface area contributed by atoms with Gasteiger partial charge in [-0.05, 0) is 56.4 Å². The Hall–Kier alpha value is -2.90. The molecule has 3 heterocycles. The minimum atomic E-state index is -0.354. The molecule has 0 radical (unpaired) electrons. The van der Waals surface area contributed by atoms with Crippen LogP contribution in [-0.4, -0.2) is 47.4 Å². The Balaban J connectivity index is 0.00000115. The third kappa shape index (κ3) is 7.55. The SMILES string of the molecule is CC.CC.CCCCCCC1NC(=O)CC(=O)N1c1ccc(N2C(=O)CC(=O)N3CCCCCC32)cc1. The lowest BCUT2D eigenvalue weighted by molar-refractivity contribution is -0.142. The maximum absolute atomic E-state index is 12.8. The maximum atomic E-state index is 12.8. The highest BCUT2D eigenvalue weighted by Gasteiger charge is 2.40. The number of hydrogen-bond donors (Lipinski definition) is 1. The predicted molar refractivity (Wildman–Crippen MR) is 148 cm³/mol. The summed E-state index contributed by atoms with van der Waals surface area (Å²) in [6.07, 6.45) is 7.90. The van der Waals surface area contributed by atoms with Crippen molar-refractivity contribution in [3.8, 4) is 0 Å². The van der Waals surface area contributed by atoms with E-state index in [1.807, 2.05) is 56.9 Å². The van der Waals surface area contributed by atoms with Crippen molar-refractivity contribution < 1.29 is 19.2 Å². The third-order valence-corrected chi connectivity index (χ3v) is 6.87. The van der Waals surface area contributed by atoms with Gasteiger partial charge in [0.05, 0.1) is 0 Å². The highest BCUT2D eigenvalue weighted by atomic mass is 16.2. The van der Waals surface area contributed by atoms with Crippen molar-refractivity contribution in [2.24, 2.45) is 0 Å². The van der Waals surface area contributed by atoms with E-state index in [9.17, 15) is 19.2 Å². The lowest BCUT2D eigenvalue weighted by atomic mass is 10.1. The molecule has 3 aliphatic rings. The van der Waals surface area contributed by atoms with E-state index >= 15 is 0 Å². The molecule has 4 rings (SSSR count). The molecule has 0 spiro atoms. The first kappa shape index (κ1) is 30.3. The Morgan fingerprint density at radius 3 is 2.03 bits per heavy atom. The average Bonchev–Trinajstić information content (AvgIpc) is 3.16. The fraction of sp³-hybridized carbons (Fsp3) is 0.655. The number of benzene rings is 1. The topological polar surface area (TPSA) is 90.0 Å². The van der Waals surface area contributed by atoms with Crippen molar-refractivity contribution in [2.45, 2.75) is 118 Å². The highest BCUT2D eigenvalue weighted by molar-refractivity contribution is 6.09. The maximum Gasteiger partial charge on any atom is 0.238 e. The quantitative estimate of drug-likeness (QED) is 0.392. The Bertz CT molecular complexity index is 902. The fourth-order valence-corrected chi connectivity index (χ4v) is 5.21. The number of carbonyl (C=O) groups is 4. The molecule has 3 fully saturated rings. The van der Waals surface area contributed by atoms with Crippen molar-refractivity contribution in [3.05, 3.63) is 24.3 Å². The van der Waals surface area contributed by atoms with Crippen LogP contribution in [0.15, 0.2) is 24.3 Å². The van der Waals surface area contributed by atoms with E-state index in [0.717, 1.165) is 57.1 Å². The number of hydrogen-bond acceptors (Lipinski definition) is 4. The summed E-state index contributed by atoms with van der Waals surface area (Å²) in [5, 5.41) is 2.96. The number of nitrogens with one attached hydrogen (secondary N) is 1. The third-order valence-electron chi connectivity index (χ3n) is 6.87. The van der Waals surface area contributed by atoms with Gasteiger partial charge in [0.15, 0.2) is 0 Å². The highest BCUT2D eigenvalue weighted by Crippen LogP contribution is 2.32. The van der Waals surface area contributed by atoms with Crippen LogP contribution in [0.3, 0.4) is 0 Å². The van der Waals surface area contributed by atoms with E-state index in [-0.39, 0.29) is 48.8 Å². The van der Waals surface area contributed by atoms with E-state index < -0.39 is 0 Å². The van der Waals surface area contributed by atoms with Crippen LogP contribution in [0.25, 0.3) is 0 Å². The average molecular weight is 515 g/mol. The summed E-state index contributed by atoms with van der Waals surface area (Å²) in [4.78, 5) is 55.3. The lowest BCUT2D eigenvalue weighted by Gasteiger charge is -2.43. The van der Waals surface area contributed by atoms with Gasteiger partial charge >= 0.3 is 0 Å². The summed E-state index contributed by atoms with van der Waals surface area (Å²) >= 11 is 0. The molecule has 37 heavy (non-hydrogen) atoms. The number of unbranched alkanes of at least 4 members (excludes halogenated alkanes) is 3. The van der Waals surface area contributed by atoms with Gasteiger partial charge in [-0.1, -0.05) is 60.3 Å². The molecule has 8 heteroatoms. The largest absolute Gasteiger partial charge is 0.335 e. The van der Waals surface area contributed by atoms with Crippen LogP contribution in [-0.2, 0) is 19.2 Å². The number of carbonyl (C=O) groups excluding carboxylic acids is 4. The van der Waals surface area contributed by atoms with Crippen molar-refractivity contribution in [3.63, 3.8) is 0 Å². The molecule has 2 atom stereocenters. The fourth-order valence-electron chi connectivity index (χ4n) is 5.21. The minimum absolute atomic E-state index is 0.0830. The van der Waals surface area contributed by atoms with Crippen LogP contribution in [0.5, 0.6) is 0 Å². The molecule has 206 valence electrons. The first-order valence-corrected chi connectivity index (χ1v) is 14.3. The van der Waals surface area contributed by atoms with Crippen LogP contribution in [0, 0.1) is 0 Å². The molecular weight excluding hydrogens is 468 g/mol. The first-order chi connectivity index (χ1) is 18.0. The lowest BCUT2D eigenvalue weighted by Crippen LogP contribution is -2.58. The van der Waals surface area contributed by atoms with Gasteiger partial charge in [-0.25, -0.2) is 0 Å². The molecule has 0 bridgehead atoms. The molecule has 1 N–H and O–H groups in total. The number of fused-ring (bicyclic) bond motifs is 1. The van der Waals surface area contributed by atoms with Gasteiger partial charge in [0.2, 0.25) is 23.6 Å². The molecule has 3 saturated heterocycles. The van der Waals surface area contributed by atoms with Crippen LogP contribution in [0.1, 0.15) is 105 Å². The van der Waals surface area contributed by atoms with Crippen LogP contribution >= 0.6 is 0 Å². The van der Waals surface area contributed by atoms with E-state index in [2.05, 4.69) is 12.2 Å². The van der Waals surface area contributed by atoms with Gasteiger partial charge in [-0.3, -0.25) is 29.0 Å². The Morgan fingerprint density at radius 2 is 1.38 bits per heavy atom. The molecule has 3 aliphatic heterocycles. The number of amides is 4. The summed E-state index contributed by atoms with van der Waals surface area (Å²) in [6, 6.07) is 7.39. The monoisotopic (exact) mass is 514 g/mol. The second-order valence-electron chi connectivity index (χ2n) is 9.25. The zero-order chi connectivity index (χ0) is 27.4. The number of rotatable bonds is 7. The Kier molecular flexibility index (Phi) is 12.6. The van der Waals surface area contributed by atoms with Crippen LogP contribution < -0.4 is 15.1 Å².